The molecular formula is C13H14N2. The monoisotopic (exact) mass is 198 g/mol. The molecule has 76 valence electrons. The summed E-state index contributed by atoms with van der Waals surface area (Å²) in [4.78, 5) is 4.68. The third kappa shape index (κ3) is 1.56. The van der Waals surface area contributed by atoms with E-state index in [0.717, 1.165) is 18.7 Å². The first-order chi connectivity index (χ1) is 7.43. The molecule has 1 aromatic heterocycles. The Morgan fingerprint density at radius 3 is 2.73 bits per heavy atom. The number of nitrogens with zero attached hydrogens (tertiary/aromatic N) is 2. The lowest BCUT2D eigenvalue weighted by Gasteiger charge is -2.11. The van der Waals surface area contributed by atoms with E-state index < -0.39 is 0 Å². The van der Waals surface area contributed by atoms with E-state index in [1.54, 1.807) is 0 Å². The largest absolute Gasteiger partial charge is 0.334 e. The summed E-state index contributed by atoms with van der Waals surface area (Å²) < 4.78 is 2.30. The molecule has 2 heterocycles. The molecule has 2 nitrogen and oxygen atoms in total. The van der Waals surface area contributed by atoms with Gasteiger partial charge in [0.2, 0.25) is 0 Å². The molecule has 0 spiro atoms. The van der Waals surface area contributed by atoms with Crippen molar-refractivity contribution in [3.63, 3.8) is 0 Å². The summed E-state index contributed by atoms with van der Waals surface area (Å²) in [7, 11) is 0. The second kappa shape index (κ2) is 3.54. The zero-order valence-electron chi connectivity index (χ0n) is 8.69. The molecule has 0 fully saturated rings. The maximum absolute atomic E-state index is 4.68. The number of fused-ring (bicyclic) bond motifs is 1. The minimum Gasteiger partial charge on any atom is -0.334 e. The van der Waals surface area contributed by atoms with Crippen LogP contribution < -0.4 is 0 Å². The molecule has 3 rings (SSSR count). The average Bonchev–Trinajstić information content (AvgIpc) is 2.74. The van der Waals surface area contributed by atoms with Crippen molar-refractivity contribution in [1.29, 1.82) is 0 Å². The van der Waals surface area contributed by atoms with E-state index in [0.29, 0.717) is 0 Å². The Morgan fingerprint density at radius 1 is 1.07 bits per heavy atom. The minimum atomic E-state index is 1.12. The van der Waals surface area contributed by atoms with Gasteiger partial charge in [-0.3, -0.25) is 0 Å². The quantitative estimate of drug-likeness (QED) is 0.689. The maximum atomic E-state index is 4.68. The average molecular weight is 198 g/mol. The summed E-state index contributed by atoms with van der Waals surface area (Å²) in [6.07, 6.45) is 5.89. The van der Waals surface area contributed by atoms with Gasteiger partial charge in [-0.25, -0.2) is 4.98 Å². The summed E-state index contributed by atoms with van der Waals surface area (Å²) in [5.74, 6) is 1.25. The van der Waals surface area contributed by atoms with Gasteiger partial charge in [-0.05, 0) is 12.8 Å². The molecule has 0 radical (unpaired) electrons. The highest BCUT2D eigenvalue weighted by molar-refractivity contribution is 5.58. The molecule has 0 atom stereocenters. The number of aromatic nitrogens is 2. The number of benzene rings is 1. The van der Waals surface area contributed by atoms with Gasteiger partial charge in [0.25, 0.3) is 0 Å². The first-order valence-corrected chi connectivity index (χ1v) is 5.55. The lowest BCUT2D eigenvalue weighted by atomic mass is 10.2. The minimum absolute atomic E-state index is 1.12. The molecule has 2 heteroatoms. The fraction of sp³-hybridized carbons (Fsp3) is 0.308. The molecule has 2 aromatic rings. The molecule has 0 N–H and O–H groups in total. The zero-order chi connectivity index (χ0) is 10.1. The number of hydrogen-bond donors (Lipinski definition) is 0. The third-order valence-electron chi connectivity index (χ3n) is 2.98. The van der Waals surface area contributed by atoms with Crippen molar-refractivity contribution in [3.8, 4) is 11.3 Å². The van der Waals surface area contributed by atoms with E-state index in [9.17, 15) is 0 Å². The smallest absolute Gasteiger partial charge is 0.109 e. The van der Waals surface area contributed by atoms with Crippen molar-refractivity contribution < 1.29 is 0 Å². The number of rotatable bonds is 1. The van der Waals surface area contributed by atoms with Gasteiger partial charge in [-0.15, -0.1) is 0 Å². The predicted molar refractivity (Wildman–Crippen MR) is 60.6 cm³/mol. The summed E-state index contributed by atoms with van der Waals surface area (Å²) >= 11 is 0. The van der Waals surface area contributed by atoms with Gasteiger partial charge < -0.3 is 4.57 Å². The Labute approximate surface area is 89.6 Å². The molecular weight excluding hydrogens is 184 g/mol. The molecule has 0 saturated carbocycles. The van der Waals surface area contributed by atoms with Crippen LogP contribution in [0.15, 0.2) is 36.5 Å². The molecule has 15 heavy (non-hydrogen) atoms. The van der Waals surface area contributed by atoms with E-state index in [1.165, 1.54) is 24.2 Å². The van der Waals surface area contributed by atoms with Crippen molar-refractivity contribution >= 4 is 0 Å². The van der Waals surface area contributed by atoms with Crippen LogP contribution in [-0.4, -0.2) is 9.55 Å². The summed E-state index contributed by atoms with van der Waals surface area (Å²) in [5.41, 5.74) is 2.34. The van der Waals surface area contributed by atoms with Gasteiger partial charge in [0.1, 0.15) is 5.82 Å². The van der Waals surface area contributed by atoms with Crippen LogP contribution in [0.25, 0.3) is 11.3 Å². The Morgan fingerprint density at radius 2 is 1.93 bits per heavy atom. The fourth-order valence-corrected chi connectivity index (χ4v) is 2.16. The van der Waals surface area contributed by atoms with Gasteiger partial charge in [-0.1, -0.05) is 30.3 Å². The molecule has 0 aliphatic carbocycles. The number of aryl methyl sites for hydroxylation is 2. The standard InChI is InChI=1S/C13H14N2/c1-2-6-11(7-3-1)12-10-15-9-5-4-8-13(15)14-12/h1-3,6-7,10H,4-5,8-9H2. The van der Waals surface area contributed by atoms with E-state index in [4.69, 9.17) is 0 Å². The molecule has 1 aliphatic heterocycles. The van der Waals surface area contributed by atoms with E-state index in [-0.39, 0.29) is 0 Å². The van der Waals surface area contributed by atoms with Crippen LogP contribution in [0.5, 0.6) is 0 Å². The van der Waals surface area contributed by atoms with Crippen molar-refractivity contribution in [2.24, 2.45) is 0 Å². The molecule has 0 saturated heterocycles. The van der Waals surface area contributed by atoms with Crippen LogP contribution in [-0.2, 0) is 13.0 Å². The van der Waals surface area contributed by atoms with Crippen LogP contribution in [0, 0.1) is 0 Å². The third-order valence-corrected chi connectivity index (χ3v) is 2.98. The number of hydrogen-bond acceptors (Lipinski definition) is 1. The van der Waals surface area contributed by atoms with E-state index >= 15 is 0 Å². The Kier molecular flexibility index (Phi) is 2.05. The van der Waals surface area contributed by atoms with Crippen LogP contribution in [0.3, 0.4) is 0 Å². The lowest BCUT2D eigenvalue weighted by molar-refractivity contribution is 0.522. The van der Waals surface area contributed by atoms with Gasteiger partial charge >= 0.3 is 0 Å². The molecule has 0 amide bonds. The first kappa shape index (κ1) is 8.72. The number of imidazole rings is 1. The SMILES string of the molecule is c1ccc(-c2cn3c(n2)CCCC3)cc1. The van der Waals surface area contributed by atoms with Crippen LogP contribution in [0.1, 0.15) is 18.7 Å². The van der Waals surface area contributed by atoms with Crippen LogP contribution in [0.4, 0.5) is 0 Å². The second-order valence-corrected chi connectivity index (χ2v) is 4.06. The van der Waals surface area contributed by atoms with E-state index in [1.807, 2.05) is 6.07 Å². The van der Waals surface area contributed by atoms with E-state index in [2.05, 4.69) is 40.0 Å². The Bertz CT molecular complexity index is 433. The summed E-state index contributed by atoms with van der Waals surface area (Å²) in [6, 6.07) is 10.4. The first-order valence-electron chi connectivity index (χ1n) is 5.55. The topological polar surface area (TPSA) is 17.8 Å². The Hall–Kier alpha value is -1.57. The van der Waals surface area contributed by atoms with Gasteiger partial charge in [0, 0.05) is 24.7 Å². The normalized spacial score (nSPS) is 14.9. The molecule has 1 aromatic carbocycles. The van der Waals surface area contributed by atoms with Crippen molar-refractivity contribution in [2.75, 3.05) is 0 Å². The molecule has 1 aliphatic rings. The summed E-state index contributed by atoms with van der Waals surface area (Å²) in [6.45, 7) is 1.13. The van der Waals surface area contributed by atoms with Crippen molar-refractivity contribution in [1.82, 2.24) is 9.55 Å². The zero-order valence-corrected chi connectivity index (χ0v) is 8.69. The maximum Gasteiger partial charge on any atom is 0.109 e. The van der Waals surface area contributed by atoms with Crippen molar-refractivity contribution in [2.45, 2.75) is 25.8 Å². The highest BCUT2D eigenvalue weighted by Gasteiger charge is 2.12. The Balaban J connectivity index is 2.03. The molecule has 0 unspecified atom stereocenters. The van der Waals surface area contributed by atoms with Gasteiger partial charge in [0.15, 0.2) is 0 Å². The summed E-state index contributed by atoms with van der Waals surface area (Å²) in [5, 5.41) is 0. The van der Waals surface area contributed by atoms with Crippen LogP contribution >= 0.6 is 0 Å². The lowest BCUT2D eigenvalue weighted by Crippen LogP contribution is -2.08. The van der Waals surface area contributed by atoms with Crippen molar-refractivity contribution in [3.05, 3.63) is 42.4 Å². The highest BCUT2D eigenvalue weighted by Crippen LogP contribution is 2.21. The predicted octanol–water partition coefficient (Wildman–Crippen LogP) is 2.89. The highest BCUT2D eigenvalue weighted by atomic mass is 15.1. The fourth-order valence-electron chi connectivity index (χ4n) is 2.16. The van der Waals surface area contributed by atoms with Gasteiger partial charge in [0.05, 0.1) is 5.69 Å². The van der Waals surface area contributed by atoms with Crippen LogP contribution in [0.2, 0.25) is 0 Å². The molecule has 0 bridgehead atoms. The van der Waals surface area contributed by atoms with Gasteiger partial charge in [-0.2, -0.15) is 0 Å². The second-order valence-electron chi connectivity index (χ2n) is 4.06.